The van der Waals surface area contributed by atoms with Crippen LogP contribution in [0.2, 0.25) is 0 Å². The Balaban J connectivity index is 1.80. The van der Waals surface area contributed by atoms with Crippen LogP contribution in [0.4, 0.5) is 0 Å². The van der Waals surface area contributed by atoms with E-state index in [1.807, 2.05) is 24.3 Å². The van der Waals surface area contributed by atoms with Crippen molar-refractivity contribution in [3.8, 4) is 0 Å². The molecule has 0 bridgehead atoms. The number of para-hydroxylation sites is 1. The number of likely N-dealkylation sites (N-methyl/N-ethyl adjacent to an activating group) is 1. The molecule has 1 aliphatic rings. The SMILES string of the molecule is CN1CCN(Cc2cn(S(=O)(=O)c3ccccc3)c3c(Br)cccc23)CC1. The summed E-state index contributed by atoms with van der Waals surface area (Å²) in [5, 5.41) is 0.975. The van der Waals surface area contributed by atoms with Crippen molar-refractivity contribution in [3.63, 3.8) is 0 Å². The van der Waals surface area contributed by atoms with Gasteiger partial charge in [-0.3, -0.25) is 4.90 Å². The molecule has 4 rings (SSSR count). The molecule has 0 amide bonds. The van der Waals surface area contributed by atoms with E-state index in [9.17, 15) is 8.42 Å². The first-order valence-corrected chi connectivity index (χ1v) is 11.2. The summed E-state index contributed by atoms with van der Waals surface area (Å²) >= 11 is 3.55. The first-order valence-electron chi connectivity index (χ1n) is 8.97. The third kappa shape index (κ3) is 3.57. The van der Waals surface area contributed by atoms with Crippen LogP contribution in [0.25, 0.3) is 10.9 Å². The van der Waals surface area contributed by atoms with E-state index < -0.39 is 10.0 Å². The maximum Gasteiger partial charge on any atom is 0.268 e. The minimum absolute atomic E-state index is 0.295. The van der Waals surface area contributed by atoms with Gasteiger partial charge in [-0.15, -0.1) is 0 Å². The normalized spacial score (nSPS) is 16.8. The lowest BCUT2D eigenvalue weighted by molar-refractivity contribution is 0.148. The summed E-state index contributed by atoms with van der Waals surface area (Å²) in [5.74, 6) is 0. The first kappa shape index (κ1) is 18.7. The summed E-state index contributed by atoms with van der Waals surface area (Å²) in [6.45, 7) is 4.79. The Labute approximate surface area is 168 Å². The summed E-state index contributed by atoms with van der Waals surface area (Å²) in [5.41, 5.74) is 1.74. The standard InChI is InChI=1S/C20H22BrN3O2S/c1-22-10-12-23(13-11-22)14-16-15-24(20-18(16)8-5-9-19(20)21)27(25,26)17-6-3-2-4-7-17/h2-9,15H,10-14H2,1H3. The Kier molecular flexibility index (Phi) is 5.11. The summed E-state index contributed by atoms with van der Waals surface area (Å²) in [7, 11) is -1.53. The van der Waals surface area contributed by atoms with Crippen LogP contribution in [-0.2, 0) is 16.6 Å². The lowest BCUT2D eigenvalue weighted by Crippen LogP contribution is -2.43. The molecule has 142 valence electrons. The third-order valence-electron chi connectivity index (χ3n) is 5.12. The number of nitrogens with zero attached hydrogens (tertiary/aromatic N) is 3. The lowest BCUT2D eigenvalue weighted by Gasteiger charge is -2.32. The van der Waals surface area contributed by atoms with Crippen molar-refractivity contribution in [2.75, 3.05) is 33.2 Å². The molecule has 0 N–H and O–H groups in total. The van der Waals surface area contributed by atoms with Crippen LogP contribution < -0.4 is 0 Å². The van der Waals surface area contributed by atoms with E-state index in [0.717, 1.165) is 48.1 Å². The van der Waals surface area contributed by atoms with E-state index in [1.54, 1.807) is 30.5 Å². The van der Waals surface area contributed by atoms with Gasteiger partial charge in [-0.05, 0) is 46.7 Å². The van der Waals surface area contributed by atoms with Gasteiger partial charge in [-0.25, -0.2) is 12.4 Å². The summed E-state index contributed by atoms with van der Waals surface area (Å²) in [6.07, 6.45) is 1.79. The fraction of sp³-hybridized carbons (Fsp3) is 0.300. The number of fused-ring (bicyclic) bond motifs is 1. The Morgan fingerprint density at radius 1 is 0.963 bits per heavy atom. The van der Waals surface area contributed by atoms with E-state index in [4.69, 9.17) is 0 Å². The molecule has 0 atom stereocenters. The number of aromatic nitrogens is 1. The highest BCUT2D eigenvalue weighted by Gasteiger charge is 2.24. The van der Waals surface area contributed by atoms with E-state index in [-0.39, 0.29) is 0 Å². The number of benzene rings is 2. The highest BCUT2D eigenvalue weighted by Crippen LogP contribution is 2.32. The summed E-state index contributed by atoms with van der Waals surface area (Å²) in [4.78, 5) is 4.99. The Morgan fingerprint density at radius 2 is 1.67 bits per heavy atom. The minimum Gasteiger partial charge on any atom is -0.304 e. The lowest BCUT2D eigenvalue weighted by atomic mass is 10.1. The molecular weight excluding hydrogens is 426 g/mol. The van der Waals surface area contributed by atoms with Crippen LogP contribution in [-0.4, -0.2) is 55.4 Å². The molecule has 27 heavy (non-hydrogen) atoms. The van der Waals surface area contributed by atoms with Gasteiger partial charge in [0, 0.05) is 48.8 Å². The summed E-state index contributed by atoms with van der Waals surface area (Å²) in [6, 6.07) is 14.4. The minimum atomic E-state index is -3.66. The van der Waals surface area contributed by atoms with Crippen LogP contribution in [0.1, 0.15) is 5.56 Å². The second-order valence-corrected chi connectivity index (χ2v) is 9.65. The van der Waals surface area contributed by atoms with Gasteiger partial charge >= 0.3 is 0 Å². The van der Waals surface area contributed by atoms with Crippen LogP contribution in [0.5, 0.6) is 0 Å². The molecule has 5 nitrogen and oxygen atoms in total. The van der Waals surface area contributed by atoms with Gasteiger partial charge in [0.15, 0.2) is 0 Å². The van der Waals surface area contributed by atoms with Crippen molar-refractivity contribution in [2.24, 2.45) is 0 Å². The predicted octanol–water partition coefficient (Wildman–Crippen LogP) is 3.39. The zero-order valence-corrected chi connectivity index (χ0v) is 17.6. The highest BCUT2D eigenvalue weighted by molar-refractivity contribution is 9.10. The van der Waals surface area contributed by atoms with Crippen LogP contribution in [0, 0.1) is 0 Å². The molecule has 1 saturated heterocycles. The smallest absolute Gasteiger partial charge is 0.268 e. The molecule has 0 unspecified atom stereocenters. The molecule has 7 heteroatoms. The maximum atomic E-state index is 13.3. The second kappa shape index (κ2) is 7.39. The molecule has 0 aliphatic carbocycles. The first-order chi connectivity index (χ1) is 13.0. The average Bonchev–Trinajstić information content (AvgIpc) is 3.05. The zero-order chi connectivity index (χ0) is 19.0. The van der Waals surface area contributed by atoms with Crippen molar-refractivity contribution in [1.29, 1.82) is 0 Å². The van der Waals surface area contributed by atoms with E-state index >= 15 is 0 Å². The molecule has 2 aromatic carbocycles. The molecular formula is C20H22BrN3O2S. The number of piperazine rings is 1. The largest absolute Gasteiger partial charge is 0.304 e. The van der Waals surface area contributed by atoms with E-state index in [2.05, 4.69) is 32.8 Å². The highest BCUT2D eigenvalue weighted by atomic mass is 79.9. The number of rotatable bonds is 4. The molecule has 0 spiro atoms. The van der Waals surface area contributed by atoms with Crippen LogP contribution in [0.3, 0.4) is 0 Å². The van der Waals surface area contributed by atoms with Crippen molar-refractivity contribution >= 4 is 36.9 Å². The molecule has 1 aromatic heterocycles. The number of halogens is 1. The van der Waals surface area contributed by atoms with Gasteiger partial charge in [-0.1, -0.05) is 30.3 Å². The van der Waals surface area contributed by atoms with Crippen molar-refractivity contribution in [3.05, 3.63) is 64.8 Å². The molecule has 1 fully saturated rings. The monoisotopic (exact) mass is 447 g/mol. The fourth-order valence-corrected chi connectivity index (χ4v) is 5.65. The predicted molar refractivity (Wildman–Crippen MR) is 111 cm³/mol. The molecule has 0 radical (unpaired) electrons. The van der Waals surface area contributed by atoms with Crippen molar-refractivity contribution in [2.45, 2.75) is 11.4 Å². The topological polar surface area (TPSA) is 45.5 Å². The second-order valence-electron chi connectivity index (χ2n) is 6.98. The van der Waals surface area contributed by atoms with Gasteiger partial charge in [0.25, 0.3) is 10.0 Å². The molecule has 1 aliphatic heterocycles. The Hall–Kier alpha value is -1.67. The van der Waals surface area contributed by atoms with Gasteiger partial charge in [0.05, 0.1) is 10.4 Å². The van der Waals surface area contributed by atoms with Gasteiger partial charge in [-0.2, -0.15) is 0 Å². The van der Waals surface area contributed by atoms with Crippen molar-refractivity contribution < 1.29 is 8.42 Å². The van der Waals surface area contributed by atoms with E-state index in [0.29, 0.717) is 10.4 Å². The Bertz CT molecular complexity index is 1060. The quantitative estimate of drug-likeness (QED) is 0.614. The zero-order valence-electron chi connectivity index (χ0n) is 15.2. The third-order valence-corrected chi connectivity index (χ3v) is 7.43. The summed E-state index contributed by atoms with van der Waals surface area (Å²) < 4.78 is 28.7. The fourth-order valence-electron chi connectivity index (χ4n) is 3.54. The van der Waals surface area contributed by atoms with Gasteiger partial charge < -0.3 is 4.90 Å². The van der Waals surface area contributed by atoms with E-state index in [1.165, 1.54) is 3.97 Å². The molecule has 3 aromatic rings. The molecule has 0 saturated carbocycles. The average molecular weight is 448 g/mol. The van der Waals surface area contributed by atoms with Crippen molar-refractivity contribution in [1.82, 2.24) is 13.8 Å². The number of hydrogen-bond acceptors (Lipinski definition) is 4. The van der Waals surface area contributed by atoms with Crippen LogP contribution >= 0.6 is 15.9 Å². The Morgan fingerprint density at radius 3 is 2.37 bits per heavy atom. The maximum absolute atomic E-state index is 13.3. The van der Waals surface area contributed by atoms with Crippen LogP contribution in [0.15, 0.2) is 64.1 Å². The molecule has 2 heterocycles. The van der Waals surface area contributed by atoms with Gasteiger partial charge in [0.1, 0.15) is 0 Å². The number of hydrogen-bond donors (Lipinski definition) is 0. The van der Waals surface area contributed by atoms with Gasteiger partial charge in [0.2, 0.25) is 0 Å².